The van der Waals surface area contributed by atoms with Crippen LogP contribution in [0.4, 0.5) is 0 Å². The molecule has 1 aromatic heterocycles. The highest BCUT2D eigenvalue weighted by molar-refractivity contribution is 7.99. The third kappa shape index (κ3) is 5.59. The maximum absolute atomic E-state index is 12.1. The number of carbonyl (C=O) groups excluding carboxylic acids is 1. The van der Waals surface area contributed by atoms with Crippen molar-refractivity contribution in [2.24, 2.45) is 5.10 Å². The lowest BCUT2D eigenvalue weighted by molar-refractivity contribution is -0.118. The van der Waals surface area contributed by atoms with Crippen LogP contribution >= 0.6 is 35.0 Å². The van der Waals surface area contributed by atoms with Crippen LogP contribution in [0.5, 0.6) is 0 Å². The third-order valence-electron chi connectivity index (χ3n) is 4.03. The Kier molecular flexibility index (Phi) is 7.30. The zero-order valence-corrected chi connectivity index (χ0v) is 18.2. The van der Waals surface area contributed by atoms with E-state index in [1.54, 1.807) is 18.2 Å². The Morgan fingerprint density at radius 2 is 1.97 bits per heavy atom. The standard InChI is InChI=1S/C20H19Cl2N5OS/c1-3-27-19(14-6-4-13(2)5-7-14)25-26-20(27)29-12-18(28)24-23-11-15-8-9-16(21)10-17(15)22/h4-11H,3,12H2,1-2H3,(H,24,28)/b23-11-. The van der Waals surface area contributed by atoms with E-state index in [9.17, 15) is 4.79 Å². The van der Waals surface area contributed by atoms with E-state index in [2.05, 4.69) is 20.7 Å². The van der Waals surface area contributed by atoms with Gasteiger partial charge in [0.05, 0.1) is 17.0 Å². The van der Waals surface area contributed by atoms with Gasteiger partial charge in [0.1, 0.15) is 0 Å². The summed E-state index contributed by atoms with van der Waals surface area (Å²) in [5.41, 5.74) is 5.33. The Bertz CT molecular complexity index is 1030. The molecule has 0 unspecified atom stereocenters. The lowest BCUT2D eigenvalue weighted by atomic mass is 10.1. The Hall–Kier alpha value is -2.35. The van der Waals surface area contributed by atoms with E-state index in [0.717, 1.165) is 11.4 Å². The van der Waals surface area contributed by atoms with Crippen molar-refractivity contribution in [3.63, 3.8) is 0 Å². The second kappa shape index (κ2) is 9.91. The Morgan fingerprint density at radius 1 is 1.21 bits per heavy atom. The quantitative estimate of drug-likeness (QED) is 0.320. The first-order valence-corrected chi connectivity index (χ1v) is 10.6. The molecule has 0 aliphatic heterocycles. The van der Waals surface area contributed by atoms with Gasteiger partial charge >= 0.3 is 0 Å². The van der Waals surface area contributed by atoms with E-state index < -0.39 is 0 Å². The van der Waals surface area contributed by atoms with E-state index >= 15 is 0 Å². The number of rotatable bonds is 7. The minimum Gasteiger partial charge on any atom is -0.302 e. The van der Waals surface area contributed by atoms with Gasteiger partial charge in [0.25, 0.3) is 5.91 Å². The average molecular weight is 448 g/mol. The maximum Gasteiger partial charge on any atom is 0.250 e. The molecular formula is C20H19Cl2N5OS. The number of hydrogen-bond donors (Lipinski definition) is 1. The minimum atomic E-state index is -0.251. The summed E-state index contributed by atoms with van der Waals surface area (Å²) >= 11 is 13.2. The van der Waals surface area contributed by atoms with Crippen molar-refractivity contribution in [2.75, 3.05) is 5.75 Å². The normalized spacial score (nSPS) is 11.2. The lowest BCUT2D eigenvalue weighted by Crippen LogP contribution is -2.20. The number of benzene rings is 2. The summed E-state index contributed by atoms with van der Waals surface area (Å²) < 4.78 is 1.99. The molecule has 0 saturated heterocycles. The number of halogens is 2. The summed E-state index contributed by atoms with van der Waals surface area (Å²) in [6, 6.07) is 13.2. The monoisotopic (exact) mass is 447 g/mol. The Balaban J connectivity index is 1.60. The highest BCUT2D eigenvalue weighted by Crippen LogP contribution is 2.24. The van der Waals surface area contributed by atoms with Crippen molar-refractivity contribution < 1.29 is 4.79 Å². The summed E-state index contributed by atoms with van der Waals surface area (Å²) in [6.07, 6.45) is 1.48. The van der Waals surface area contributed by atoms with Crippen LogP contribution in [0.3, 0.4) is 0 Å². The SMILES string of the molecule is CCn1c(SCC(=O)N/N=C\c2ccc(Cl)cc2Cl)nnc1-c1ccc(C)cc1. The largest absolute Gasteiger partial charge is 0.302 e. The van der Waals surface area contributed by atoms with Crippen molar-refractivity contribution in [1.29, 1.82) is 0 Å². The van der Waals surface area contributed by atoms with Gasteiger partial charge in [0.2, 0.25) is 0 Å². The van der Waals surface area contributed by atoms with E-state index in [1.165, 1.54) is 23.5 Å². The molecule has 0 atom stereocenters. The van der Waals surface area contributed by atoms with Gasteiger partial charge in [-0.1, -0.05) is 70.9 Å². The molecule has 0 radical (unpaired) electrons. The third-order valence-corrected chi connectivity index (χ3v) is 5.56. The fourth-order valence-corrected chi connectivity index (χ4v) is 3.79. The first-order valence-electron chi connectivity index (χ1n) is 8.88. The molecule has 3 rings (SSSR count). The summed E-state index contributed by atoms with van der Waals surface area (Å²) in [7, 11) is 0. The zero-order chi connectivity index (χ0) is 20.8. The van der Waals surface area contributed by atoms with Crippen LogP contribution in [0.15, 0.2) is 52.7 Å². The van der Waals surface area contributed by atoms with Crippen LogP contribution in [0.1, 0.15) is 18.1 Å². The lowest BCUT2D eigenvalue weighted by Gasteiger charge is -2.07. The van der Waals surface area contributed by atoms with Crippen LogP contribution in [-0.4, -0.2) is 32.6 Å². The molecule has 0 saturated carbocycles. The number of thioether (sulfide) groups is 1. The fraction of sp³-hybridized carbons (Fsp3) is 0.200. The van der Waals surface area contributed by atoms with Crippen LogP contribution in [0, 0.1) is 6.92 Å². The molecule has 1 heterocycles. The van der Waals surface area contributed by atoms with Crippen LogP contribution < -0.4 is 5.43 Å². The van der Waals surface area contributed by atoms with Crippen molar-refractivity contribution in [3.8, 4) is 11.4 Å². The van der Waals surface area contributed by atoms with Crippen LogP contribution in [0.25, 0.3) is 11.4 Å². The number of aromatic nitrogens is 3. The maximum atomic E-state index is 12.1. The Labute approximate surface area is 183 Å². The van der Waals surface area contributed by atoms with Gasteiger partial charge in [-0.05, 0) is 26.0 Å². The number of amides is 1. The number of aryl methyl sites for hydroxylation is 1. The zero-order valence-electron chi connectivity index (χ0n) is 15.9. The van der Waals surface area contributed by atoms with Crippen molar-refractivity contribution in [1.82, 2.24) is 20.2 Å². The van der Waals surface area contributed by atoms with Crippen LogP contribution in [-0.2, 0) is 11.3 Å². The van der Waals surface area contributed by atoms with Gasteiger partial charge < -0.3 is 4.57 Å². The highest BCUT2D eigenvalue weighted by atomic mass is 35.5. The van der Waals surface area contributed by atoms with Crippen molar-refractivity contribution >= 4 is 47.1 Å². The molecule has 0 spiro atoms. The van der Waals surface area contributed by atoms with E-state index in [4.69, 9.17) is 23.2 Å². The molecule has 6 nitrogen and oxygen atoms in total. The van der Waals surface area contributed by atoms with Gasteiger partial charge in [-0.3, -0.25) is 4.79 Å². The first kappa shape index (κ1) is 21.4. The molecule has 0 aliphatic rings. The molecule has 29 heavy (non-hydrogen) atoms. The van der Waals surface area contributed by atoms with E-state index in [1.807, 2.05) is 42.7 Å². The molecule has 150 valence electrons. The summed E-state index contributed by atoms with van der Waals surface area (Å²) in [6.45, 7) is 4.76. The Morgan fingerprint density at radius 3 is 2.66 bits per heavy atom. The predicted molar refractivity (Wildman–Crippen MR) is 119 cm³/mol. The molecule has 0 aliphatic carbocycles. The summed E-state index contributed by atoms with van der Waals surface area (Å²) in [5.74, 6) is 0.697. The van der Waals surface area contributed by atoms with E-state index in [-0.39, 0.29) is 11.7 Å². The van der Waals surface area contributed by atoms with Crippen molar-refractivity contribution in [2.45, 2.75) is 25.5 Å². The molecular weight excluding hydrogens is 429 g/mol. The number of hydrogen-bond acceptors (Lipinski definition) is 5. The van der Waals surface area contributed by atoms with Gasteiger partial charge in [-0.2, -0.15) is 5.10 Å². The molecule has 1 amide bonds. The highest BCUT2D eigenvalue weighted by Gasteiger charge is 2.14. The number of nitrogens with one attached hydrogen (secondary N) is 1. The molecule has 3 aromatic rings. The van der Waals surface area contributed by atoms with E-state index in [0.29, 0.717) is 27.3 Å². The smallest absolute Gasteiger partial charge is 0.250 e. The molecule has 2 aromatic carbocycles. The van der Waals surface area contributed by atoms with Crippen molar-refractivity contribution in [3.05, 3.63) is 63.6 Å². The topological polar surface area (TPSA) is 72.2 Å². The van der Waals surface area contributed by atoms with Crippen LogP contribution in [0.2, 0.25) is 10.0 Å². The second-order valence-electron chi connectivity index (χ2n) is 6.16. The molecule has 1 N–H and O–H groups in total. The predicted octanol–water partition coefficient (Wildman–Crippen LogP) is 4.82. The second-order valence-corrected chi connectivity index (χ2v) is 7.95. The molecule has 9 heteroatoms. The van der Waals surface area contributed by atoms with Gasteiger partial charge in [-0.25, -0.2) is 5.43 Å². The summed E-state index contributed by atoms with van der Waals surface area (Å²) in [4.78, 5) is 12.1. The average Bonchev–Trinajstić information content (AvgIpc) is 3.11. The summed E-state index contributed by atoms with van der Waals surface area (Å²) in [5, 5.41) is 14.1. The molecule has 0 bridgehead atoms. The number of hydrazone groups is 1. The minimum absolute atomic E-state index is 0.164. The molecule has 0 fully saturated rings. The van der Waals surface area contributed by atoms with Gasteiger partial charge in [-0.15, -0.1) is 10.2 Å². The van der Waals surface area contributed by atoms with Gasteiger partial charge in [0.15, 0.2) is 11.0 Å². The first-order chi connectivity index (χ1) is 14.0. The number of carbonyl (C=O) groups is 1. The van der Waals surface area contributed by atoms with Gasteiger partial charge in [0, 0.05) is 22.7 Å². The number of nitrogens with zero attached hydrogens (tertiary/aromatic N) is 4. The fourth-order valence-electron chi connectivity index (χ4n) is 2.54.